The Hall–Kier alpha value is -1.56. The molecule has 0 unspecified atom stereocenters. The maximum Gasteiger partial charge on any atom is 0.401 e. The van der Waals surface area contributed by atoms with Gasteiger partial charge in [-0.25, -0.2) is 0 Å². The van der Waals surface area contributed by atoms with Gasteiger partial charge in [0.15, 0.2) is 0 Å². The van der Waals surface area contributed by atoms with E-state index >= 15 is 0 Å². The summed E-state index contributed by atoms with van der Waals surface area (Å²) in [6.07, 6.45) is -4.32. The number of hydrogen-bond donors (Lipinski definition) is 1. The first-order chi connectivity index (χ1) is 7.97. The Balaban J connectivity index is 2.18. The van der Waals surface area contributed by atoms with Crippen LogP contribution in [0.4, 0.5) is 13.2 Å². The molecule has 0 saturated carbocycles. The molecule has 0 aromatic heterocycles. The van der Waals surface area contributed by atoms with Gasteiger partial charge in [-0.3, -0.25) is 10.1 Å². The van der Waals surface area contributed by atoms with Crippen molar-refractivity contribution in [2.45, 2.75) is 12.8 Å². The van der Waals surface area contributed by atoms with Crippen molar-refractivity contribution in [1.29, 1.82) is 0 Å². The van der Waals surface area contributed by atoms with E-state index in [1.165, 1.54) is 0 Å². The zero-order chi connectivity index (χ0) is 12.7. The van der Waals surface area contributed by atoms with Gasteiger partial charge in [-0.15, -0.1) is 0 Å². The van der Waals surface area contributed by atoms with Crippen LogP contribution in [0.15, 0.2) is 30.3 Å². The van der Waals surface area contributed by atoms with Crippen LogP contribution in [-0.4, -0.2) is 25.2 Å². The molecule has 0 saturated heterocycles. The summed E-state index contributed by atoms with van der Waals surface area (Å²) in [4.78, 5) is 11.1. The van der Waals surface area contributed by atoms with Crippen molar-refractivity contribution in [2.75, 3.05) is 13.1 Å². The van der Waals surface area contributed by atoms with Crippen molar-refractivity contribution in [3.8, 4) is 0 Å². The standard InChI is InChI=1S/C11H12F3NO2/c12-11(13,14)8-15-6-10(16)17-7-9-4-2-1-3-5-9/h1-5,15H,6-8H2. The highest BCUT2D eigenvalue weighted by Crippen LogP contribution is 2.11. The number of alkyl halides is 3. The SMILES string of the molecule is O=C(CNCC(F)(F)F)OCc1ccccc1. The first-order valence-corrected chi connectivity index (χ1v) is 4.94. The molecule has 1 aromatic carbocycles. The smallest absolute Gasteiger partial charge is 0.401 e. The number of nitrogens with one attached hydrogen (secondary N) is 1. The van der Waals surface area contributed by atoms with Crippen LogP contribution in [0.2, 0.25) is 0 Å². The summed E-state index contributed by atoms with van der Waals surface area (Å²) in [6.45, 7) is -1.59. The van der Waals surface area contributed by atoms with Crippen LogP contribution in [0.1, 0.15) is 5.56 Å². The lowest BCUT2D eigenvalue weighted by Crippen LogP contribution is -2.33. The number of carbonyl (C=O) groups excluding carboxylic acids is 1. The number of rotatable bonds is 5. The normalized spacial score (nSPS) is 11.2. The van der Waals surface area contributed by atoms with Crippen LogP contribution in [0, 0.1) is 0 Å². The lowest BCUT2D eigenvalue weighted by molar-refractivity contribution is -0.145. The first kappa shape index (κ1) is 13.5. The van der Waals surface area contributed by atoms with E-state index in [-0.39, 0.29) is 6.61 Å². The van der Waals surface area contributed by atoms with E-state index in [1.54, 1.807) is 24.3 Å². The molecule has 0 amide bonds. The van der Waals surface area contributed by atoms with Crippen LogP contribution in [-0.2, 0) is 16.1 Å². The van der Waals surface area contributed by atoms with Crippen molar-refractivity contribution in [3.05, 3.63) is 35.9 Å². The van der Waals surface area contributed by atoms with Crippen molar-refractivity contribution < 1.29 is 22.7 Å². The highest BCUT2D eigenvalue weighted by molar-refractivity contribution is 5.71. The Kier molecular flexibility index (Phi) is 4.96. The minimum Gasteiger partial charge on any atom is -0.460 e. The fraction of sp³-hybridized carbons (Fsp3) is 0.364. The molecule has 0 fully saturated rings. The second-order valence-electron chi connectivity index (χ2n) is 3.37. The Labute approximate surface area is 96.6 Å². The molecule has 0 bridgehead atoms. The van der Waals surface area contributed by atoms with E-state index in [2.05, 4.69) is 0 Å². The summed E-state index contributed by atoms with van der Waals surface area (Å²) >= 11 is 0. The topological polar surface area (TPSA) is 38.3 Å². The number of carbonyl (C=O) groups is 1. The van der Waals surface area contributed by atoms with Crippen molar-refractivity contribution >= 4 is 5.97 Å². The Morgan fingerprint density at radius 1 is 1.24 bits per heavy atom. The molecule has 0 aliphatic rings. The second kappa shape index (κ2) is 6.24. The molecule has 1 aromatic rings. The monoisotopic (exact) mass is 247 g/mol. The van der Waals surface area contributed by atoms with Crippen LogP contribution in [0.25, 0.3) is 0 Å². The Morgan fingerprint density at radius 2 is 1.88 bits per heavy atom. The molecule has 0 aliphatic heterocycles. The van der Waals surface area contributed by atoms with E-state index in [0.717, 1.165) is 5.56 Å². The van der Waals surface area contributed by atoms with Gasteiger partial charge in [0.1, 0.15) is 6.61 Å². The summed E-state index contributed by atoms with van der Waals surface area (Å²) < 4.78 is 40.0. The Morgan fingerprint density at radius 3 is 2.47 bits per heavy atom. The quantitative estimate of drug-likeness (QED) is 0.807. The summed E-state index contributed by atoms with van der Waals surface area (Å²) in [5, 5.41) is 1.96. The molecule has 1 N–H and O–H groups in total. The Bertz CT molecular complexity index is 351. The second-order valence-corrected chi connectivity index (χ2v) is 3.37. The highest BCUT2D eigenvalue weighted by atomic mass is 19.4. The highest BCUT2D eigenvalue weighted by Gasteiger charge is 2.26. The van der Waals surface area contributed by atoms with Crippen molar-refractivity contribution in [2.24, 2.45) is 0 Å². The fourth-order valence-corrected chi connectivity index (χ4v) is 1.10. The number of esters is 1. The summed E-state index contributed by atoms with van der Waals surface area (Å²) in [5.74, 6) is -0.710. The number of ether oxygens (including phenoxy) is 1. The van der Waals surface area contributed by atoms with Gasteiger partial charge in [0.05, 0.1) is 13.1 Å². The molecular weight excluding hydrogens is 235 g/mol. The largest absolute Gasteiger partial charge is 0.460 e. The third kappa shape index (κ3) is 6.57. The maximum atomic E-state index is 11.7. The van der Waals surface area contributed by atoms with Gasteiger partial charge in [-0.2, -0.15) is 13.2 Å². The van der Waals surface area contributed by atoms with Crippen molar-refractivity contribution in [3.63, 3.8) is 0 Å². The van der Waals surface area contributed by atoms with E-state index in [4.69, 9.17) is 4.74 Å². The van der Waals surface area contributed by atoms with Crippen LogP contribution < -0.4 is 5.32 Å². The molecule has 6 heteroatoms. The van der Waals surface area contributed by atoms with Crippen LogP contribution >= 0.6 is 0 Å². The third-order valence-corrected chi connectivity index (χ3v) is 1.84. The predicted octanol–water partition coefficient (Wildman–Crippen LogP) is 1.88. The van der Waals surface area contributed by atoms with Crippen LogP contribution in [0.5, 0.6) is 0 Å². The van der Waals surface area contributed by atoms with E-state index in [1.807, 2.05) is 11.4 Å². The van der Waals surface area contributed by atoms with E-state index < -0.39 is 25.2 Å². The molecule has 94 valence electrons. The predicted molar refractivity (Wildman–Crippen MR) is 55.2 cm³/mol. The van der Waals surface area contributed by atoms with Gasteiger partial charge in [0.25, 0.3) is 0 Å². The molecule has 0 radical (unpaired) electrons. The number of benzene rings is 1. The van der Waals surface area contributed by atoms with Gasteiger partial charge in [-0.05, 0) is 5.56 Å². The van der Waals surface area contributed by atoms with Crippen LogP contribution in [0.3, 0.4) is 0 Å². The van der Waals surface area contributed by atoms with Gasteiger partial charge in [0, 0.05) is 0 Å². The summed E-state index contributed by atoms with van der Waals surface area (Å²) in [6, 6.07) is 8.90. The number of hydrogen-bond acceptors (Lipinski definition) is 3. The zero-order valence-electron chi connectivity index (χ0n) is 8.96. The lowest BCUT2D eigenvalue weighted by atomic mass is 10.2. The molecule has 0 atom stereocenters. The molecule has 1 rings (SSSR count). The van der Waals surface area contributed by atoms with Crippen molar-refractivity contribution in [1.82, 2.24) is 5.32 Å². The minimum atomic E-state index is -4.32. The van der Waals surface area contributed by atoms with E-state index in [9.17, 15) is 18.0 Å². The molecule has 0 heterocycles. The number of halogens is 3. The summed E-state index contributed by atoms with van der Waals surface area (Å²) in [5.41, 5.74) is 0.789. The molecule has 0 spiro atoms. The minimum absolute atomic E-state index is 0.0629. The van der Waals surface area contributed by atoms with Gasteiger partial charge in [0.2, 0.25) is 0 Å². The molecule has 17 heavy (non-hydrogen) atoms. The first-order valence-electron chi connectivity index (χ1n) is 4.94. The summed E-state index contributed by atoms with van der Waals surface area (Å²) in [7, 11) is 0. The van der Waals surface area contributed by atoms with Gasteiger partial charge < -0.3 is 4.74 Å². The van der Waals surface area contributed by atoms with Gasteiger partial charge >= 0.3 is 12.1 Å². The maximum absolute atomic E-state index is 11.7. The fourth-order valence-electron chi connectivity index (χ4n) is 1.10. The molecule has 0 aliphatic carbocycles. The average Bonchev–Trinajstić information content (AvgIpc) is 2.26. The molecule has 3 nitrogen and oxygen atoms in total. The lowest BCUT2D eigenvalue weighted by Gasteiger charge is -2.08. The molecular formula is C11H12F3NO2. The third-order valence-electron chi connectivity index (χ3n) is 1.84. The average molecular weight is 247 g/mol. The van der Waals surface area contributed by atoms with Gasteiger partial charge in [-0.1, -0.05) is 30.3 Å². The van der Waals surface area contributed by atoms with E-state index in [0.29, 0.717) is 0 Å². The zero-order valence-corrected chi connectivity index (χ0v) is 8.96.